The van der Waals surface area contributed by atoms with Crippen LogP contribution in [0.2, 0.25) is 0 Å². The summed E-state index contributed by atoms with van der Waals surface area (Å²) >= 11 is 0. The largest absolute Gasteiger partial charge is 0.339 e. The van der Waals surface area contributed by atoms with Gasteiger partial charge in [-0.05, 0) is 18.8 Å². The molecule has 2 N–H and O–H groups in total. The van der Waals surface area contributed by atoms with Gasteiger partial charge in [0.05, 0.1) is 6.54 Å². The molecule has 7 nitrogen and oxygen atoms in total. The Hall–Kier alpha value is -0.700. The highest BCUT2D eigenvalue weighted by atomic mass is 32.2. The lowest BCUT2D eigenvalue weighted by atomic mass is 10.0. The van der Waals surface area contributed by atoms with Crippen molar-refractivity contribution in [3.05, 3.63) is 0 Å². The van der Waals surface area contributed by atoms with E-state index in [1.807, 2.05) is 0 Å². The maximum absolute atomic E-state index is 12.1. The van der Waals surface area contributed by atoms with E-state index in [4.69, 9.17) is 0 Å². The third kappa shape index (κ3) is 4.15. The molecule has 0 aromatic rings. The molecule has 2 rings (SSSR count). The molecule has 2 aliphatic rings. The highest BCUT2D eigenvalue weighted by Crippen LogP contribution is 2.17. The van der Waals surface area contributed by atoms with E-state index in [0.29, 0.717) is 32.1 Å². The Balaban J connectivity index is 1.81. The molecular formula is C12H24N4O3S. The molecule has 0 unspecified atom stereocenters. The van der Waals surface area contributed by atoms with Gasteiger partial charge in [-0.1, -0.05) is 6.92 Å². The average molecular weight is 304 g/mol. The van der Waals surface area contributed by atoms with Crippen molar-refractivity contribution >= 4 is 16.1 Å². The minimum Gasteiger partial charge on any atom is -0.339 e. The third-order valence-electron chi connectivity index (χ3n) is 3.96. The van der Waals surface area contributed by atoms with Crippen LogP contribution in [0.5, 0.6) is 0 Å². The topological polar surface area (TPSA) is 81.8 Å². The first-order chi connectivity index (χ1) is 9.49. The van der Waals surface area contributed by atoms with Crippen molar-refractivity contribution in [2.75, 3.05) is 45.8 Å². The summed E-state index contributed by atoms with van der Waals surface area (Å²) in [5, 5.41) is 3.16. The Bertz CT molecular complexity index is 426. The number of nitrogens with zero attached hydrogens (tertiary/aromatic N) is 2. The van der Waals surface area contributed by atoms with Crippen LogP contribution in [0.1, 0.15) is 19.8 Å². The van der Waals surface area contributed by atoms with E-state index in [-0.39, 0.29) is 12.5 Å². The third-order valence-corrected chi connectivity index (χ3v) is 5.51. The summed E-state index contributed by atoms with van der Waals surface area (Å²) in [6, 6.07) is 0. The Morgan fingerprint density at radius 2 is 1.80 bits per heavy atom. The number of carbonyl (C=O) groups excluding carboxylic acids is 1. The molecule has 1 amide bonds. The minimum atomic E-state index is -3.52. The fourth-order valence-electron chi connectivity index (χ4n) is 2.50. The van der Waals surface area contributed by atoms with Crippen LogP contribution < -0.4 is 10.0 Å². The lowest BCUT2D eigenvalue weighted by Gasteiger charge is -2.30. The van der Waals surface area contributed by atoms with Crippen molar-refractivity contribution in [3.8, 4) is 0 Å². The first kappa shape index (κ1) is 15.7. The van der Waals surface area contributed by atoms with E-state index in [2.05, 4.69) is 17.0 Å². The number of hydrogen-bond donors (Lipinski definition) is 2. The number of amides is 1. The Morgan fingerprint density at radius 1 is 1.20 bits per heavy atom. The van der Waals surface area contributed by atoms with Crippen LogP contribution >= 0.6 is 0 Å². The molecule has 0 aromatic heterocycles. The number of piperazine rings is 1. The SMILES string of the molecule is CC1CCN(S(=O)(=O)NCC(=O)N2CCNCC2)CC1. The molecule has 2 fully saturated rings. The van der Waals surface area contributed by atoms with E-state index in [1.165, 1.54) is 4.31 Å². The van der Waals surface area contributed by atoms with Crippen LogP contribution in [0.15, 0.2) is 0 Å². The van der Waals surface area contributed by atoms with Gasteiger partial charge in [-0.3, -0.25) is 4.79 Å². The summed E-state index contributed by atoms with van der Waals surface area (Å²) < 4.78 is 28.1. The van der Waals surface area contributed by atoms with Gasteiger partial charge in [0.25, 0.3) is 10.2 Å². The molecule has 0 spiro atoms. The first-order valence-corrected chi connectivity index (χ1v) is 8.66. The summed E-state index contributed by atoms with van der Waals surface area (Å²) in [7, 11) is -3.52. The molecule has 20 heavy (non-hydrogen) atoms. The first-order valence-electron chi connectivity index (χ1n) is 7.22. The van der Waals surface area contributed by atoms with E-state index in [1.54, 1.807) is 4.90 Å². The van der Waals surface area contributed by atoms with Crippen molar-refractivity contribution < 1.29 is 13.2 Å². The summed E-state index contributed by atoms with van der Waals surface area (Å²) in [5.41, 5.74) is 0. The standard InChI is InChI=1S/C12H24N4O3S/c1-11-2-6-16(7-3-11)20(18,19)14-10-12(17)15-8-4-13-5-9-15/h11,13-14H,2-10H2,1H3. The fraction of sp³-hybridized carbons (Fsp3) is 0.917. The van der Waals surface area contributed by atoms with Crippen molar-refractivity contribution in [1.82, 2.24) is 19.2 Å². The van der Waals surface area contributed by atoms with Gasteiger partial charge in [0, 0.05) is 39.3 Å². The van der Waals surface area contributed by atoms with Crippen LogP contribution in [0.4, 0.5) is 0 Å². The molecule has 0 aromatic carbocycles. The Labute approximate surface area is 120 Å². The van der Waals surface area contributed by atoms with Crippen LogP contribution in [-0.2, 0) is 15.0 Å². The number of hydrogen-bond acceptors (Lipinski definition) is 4. The fourth-order valence-corrected chi connectivity index (χ4v) is 3.68. The van der Waals surface area contributed by atoms with Crippen molar-refractivity contribution in [2.45, 2.75) is 19.8 Å². The highest BCUT2D eigenvalue weighted by molar-refractivity contribution is 7.87. The second-order valence-corrected chi connectivity index (χ2v) is 7.29. The molecule has 2 heterocycles. The number of rotatable bonds is 4. The van der Waals surface area contributed by atoms with Crippen LogP contribution in [0, 0.1) is 5.92 Å². The monoisotopic (exact) mass is 304 g/mol. The molecule has 116 valence electrons. The minimum absolute atomic E-state index is 0.144. The Kier molecular flexibility index (Phi) is 5.36. The molecular weight excluding hydrogens is 280 g/mol. The summed E-state index contributed by atoms with van der Waals surface area (Å²) in [5.74, 6) is 0.421. The molecule has 0 atom stereocenters. The van der Waals surface area contributed by atoms with Gasteiger partial charge in [0.1, 0.15) is 0 Å². The van der Waals surface area contributed by atoms with Crippen molar-refractivity contribution in [3.63, 3.8) is 0 Å². The zero-order valence-electron chi connectivity index (χ0n) is 12.0. The highest BCUT2D eigenvalue weighted by Gasteiger charge is 2.27. The van der Waals surface area contributed by atoms with Crippen LogP contribution in [0.25, 0.3) is 0 Å². The normalized spacial score (nSPS) is 22.9. The van der Waals surface area contributed by atoms with Crippen LogP contribution in [0.3, 0.4) is 0 Å². The number of nitrogens with one attached hydrogen (secondary N) is 2. The number of carbonyl (C=O) groups is 1. The molecule has 0 saturated carbocycles. The molecule has 0 bridgehead atoms. The lowest BCUT2D eigenvalue weighted by Crippen LogP contribution is -2.51. The second-order valence-electron chi connectivity index (χ2n) is 5.54. The van der Waals surface area contributed by atoms with Gasteiger partial charge in [-0.15, -0.1) is 0 Å². The predicted octanol–water partition coefficient (Wildman–Crippen LogP) is -1.02. The summed E-state index contributed by atoms with van der Waals surface area (Å²) in [6.07, 6.45) is 1.76. The zero-order chi connectivity index (χ0) is 14.6. The van der Waals surface area contributed by atoms with Crippen molar-refractivity contribution in [1.29, 1.82) is 0 Å². The molecule has 0 radical (unpaired) electrons. The van der Waals surface area contributed by atoms with Gasteiger partial charge in [0.2, 0.25) is 5.91 Å². The maximum atomic E-state index is 12.1. The van der Waals surface area contributed by atoms with Crippen molar-refractivity contribution in [2.24, 2.45) is 5.92 Å². The lowest BCUT2D eigenvalue weighted by molar-refractivity contribution is -0.130. The summed E-state index contributed by atoms with van der Waals surface area (Å²) in [6.45, 7) is 5.88. The summed E-state index contributed by atoms with van der Waals surface area (Å²) in [4.78, 5) is 13.6. The van der Waals surface area contributed by atoms with Gasteiger partial charge < -0.3 is 10.2 Å². The van der Waals surface area contributed by atoms with E-state index < -0.39 is 10.2 Å². The number of piperidine rings is 1. The Morgan fingerprint density at radius 3 is 2.40 bits per heavy atom. The van der Waals surface area contributed by atoms with E-state index in [9.17, 15) is 13.2 Å². The second kappa shape index (κ2) is 6.84. The zero-order valence-corrected chi connectivity index (χ0v) is 12.8. The van der Waals surface area contributed by atoms with Crippen LogP contribution in [-0.4, -0.2) is 69.3 Å². The van der Waals surface area contributed by atoms with Gasteiger partial charge in [-0.2, -0.15) is 17.4 Å². The predicted molar refractivity (Wildman–Crippen MR) is 76.3 cm³/mol. The van der Waals surface area contributed by atoms with E-state index >= 15 is 0 Å². The molecule has 8 heteroatoms. The van der Waals surface area contributed by atoms with Gasteiger partial charge in [-0.25, -0.2) is 0 Å². The average Bonchev–Trinajstić information content (AvgIpc) is 2.46. The molecule has 2 saturated heterocycles. The van der Waals surface area contributed by atoms with E-state index in [0.717, 1.165) is 25.9 Å². The van der Waals surface area contributed by atoms with Gasteiger partial charge >= 0.3 is 0 Å². The smallest absolute Gasteiger partial charge is 0.279 e. The quantitative estimate of drug-likeness (QED) is 0.697. The molecule has 0 aliphatic carbocycles. The maximum Gasteiger partial charge on any atom is 0.279 e. The van der Waals surface area contributed by atoms with Gasteiger partial charge in [0.15, 0.2) is 0 Å². The molecule has 2 aliphatic heterocycles.